The van der Waals surface area contributed by atoms with Crippen molar-refractivity contribution >= 4 is 38.4 Å². The van der Waals surface area contributed by atoms with Gasteiger partial charge in [0.25, 0.3) is 0 Å². The van der Waals surface area contributed by atoms with E-state index in [1.54, 1.807) is 29.9 Å². The Morgan fingerprint density at radius 3 is 2.46 bits per heavy atom. The second kappa shape index (κ2) is 11.6. The van der Waals surface area contributed by atoms with E-state index in [9.17, 15) is 13.2 Å². The summed E-state index contributed by atoms with van der Waals surface area (Å²) in [6.07, 6.45) is 6.39. The van der Waals surface area contributed by atoms with Crippen LogP contribution in [0.3, 0.4) is 0 Å². The lowest BCUT2D eigenvalue weighted by molar-refractivity contribution is 0.109. The van der Waals surface area contributed by atoms with Crippen molar-refractivity contribution in [3.63, 3.8) is 0 Å². The lowest BCUT2D eigenvalue weighted by Crippen LogP contribution is -2.40. The quantitative estimate of drug-likeness (QED) is 0.229. The third-order valence-corrected chi connectivity index (χ3v) is 10.0. The number of furan rings is 1. The number of hydrogen-bond donors (Lipinski definition) is 2. The van der Waals surface area contributed by atoms with Gasteiger partial charge in [-0.05, 0) is 95.7 Å². The predicted octanol–water partition coefficient (Wildman–Crippen LogP) is 7.46. The van der Waals surface area contributed by atoms with Crippen LogP contribution >= 0.6 is 11.3 Å². The monoisotopic (exact) mass is 595 g/mol. The molecule has 0 aliphatic heterocycles. The van der Waals surface area contributed by atoms with E-state index in [1.807, 2.05) is 71.0 Å². The Bertz CT molecular complexity index is 1640. The Hall–Kier alpha value is -3.21. The Labute approximate surface area is 245 Å². The SMILES string of the molecule is CC(C)OC(=O)NC1CCC(c2ncc(-c3ccc(-c4ccc5occc5c4)cc3S(=O)(=O)NC(C)(C)C)s2)CC1. The minimum Gasteiger partial charge on any atom is -0.464 e. The highest BCUT2D eigenvalue weighted by atomic mass is 32.2. The van der Waals surface area contributed by atoms with Gasteiger partial charge >= 0.3 is 6.09 Å². The minimum absolute atomic E-state index is 0.0889. The molecule has 1 aliphatic rings. The van der Waals surface area contributed by atoms with Crippen molar-refractivity contribution in [2.45, 2.75) is 88.8 Å². The third kappa shape index (κ3) is 6.99. The van der Waals surface area contributed by atoms with Gasteiger partial charge in [-0.3, -0.25) is 0 Å². The second-order valence-electron chi connectivity index (χ2n) is 11.9. The molecule has 1 saturated carbocycles. The number of sulfonamides is 1. The number of thiazole rings is 1. The van der Waals surface area contributed by atoms with Gasteiger partial charge in [-0.25, -0.2) is 22.9 Å². The summed E-state index contributed by atoms with van der Waals surface area (Å²) >= 11 is 1.54. The van der Waals surface area contributed by atoms with Crippen molar-refractivity contribution in [1.29, 1.82) is 0 Å². The first-order valence-electron chi connectivity index (χ1n) is 14.0. The van der Waals surface area contributed by atoms with Gasteiger partial charge in [-0.1, -0.05) is 18.2 Å². The summed E-state index contributed by atoms with van der Waals surface area (Å²) < 4.78 is 40.9. The molecule has 0 radical (unpaired) electrons. The molecular formula is C31H37N3O5S2. The maximum Gasteiger partial charge on any atom is 0.407 e. The molecule has 2 aromatic carbocycles. The topological polar surface area (TPSA) is 111 Å². The van der Waals surface area contributed by atoms with Crippen molar-refractivity contribution in [3.05, 3.63) is 59.9 Å². The van der Waals surface area contributed by atoms with Crippen LogP contribution < -0.4 is 10.0 Å². The summed E-state index contributed by atoms with van der Waals surface area (Å²) in [5, 5.41) is 4.91. The number of carbonyl (C=O) groups is 1. The number of benzene rings is 2. The highest BCUT2D eigenvalue weighted by Crippen LogP contribution is 2.40. The number of nitrogens with one attached hydrogen (secondary N) is 2. The molecule has 0 saturated heterocycles. The molecule has 1 aliphatic carbocycles. The number of hydrogen-bond acceptors (Lipinski definition) is 7. The maximum atomic E-state index is 13.7. The third-order valence-electron chi connectivity index (χ3n) is 7.03. The van der Waals surface area contributed by atoms with Crippen LogP contribution in [0.15, 0.2) is 64.2 Å². The van der Waals surface area contributed by atoms with E-state index >= 15 is 0 Å². The average Bonchev–Trinajstić information content (AvgIpc) is 3.56. The number of rotatable bonds is 7. The fourth-order valence-corrected chi connectivity index (χ4v) is 8.09. The summed E-state index contributed by atoms with van der Waals surface area (Å²) in [4.78, 5) is 17.8. The Morgan fingerprint density at radius 2 is 1.76 bits per heavy atom. The second-order valence-corrected chi connectivity index (χ2v) is 14.7. The van der Waals surface area contributed by atoms with E-state index in [0.717, 1.165) is 57.7 Å². The molecule has 0 bridgehead atoms. The molecule has 0 atom stereocenters. The summed E-state index contributed by atoms with van der Waals surface area (Å²) in [6.45, 7) is 9.16. The molecule has 2 N–H and O–H groups in total. The summed E-state index contributed by atoms with van der Waals surface area (Å²) in [6, 6.07) is 13.4. The number of fused-ring (bicyclic) bond motifs is 1. The average molecular weight is 596 g/mol. The van der Waals surface area contributed by atoms with Crippen LogP contribution in [0.25, 0.3) is 32.5 Å². The maximum absolute atomic E-state index is 13.7. The van der Waals surface area contributed by atoms with Crippen LogP contribution in [0.4, 0.5) is 4.79 Å². The fraction of sp³-hybridized carbons (Fsp3) is 0.419. The van der Waals surface area contributed by atoms with Gasteiger partial charge in [0.2, 0.25) is 10.0 Å². The highest BCUT2D eigenvalue weighted by molar-refractivity contribution is 7.89. The molecule has 1 fully saturated rings. The van der Waals surface area contributed by atoms with Crippen LogP contribution in [0.5, 0.6) is 0 Å². The van der Waals surface area contributed by atoms with E-state index in [1.165, 1.54) is 0 Å². The highest BCUT2D eigenvalue weighted by Gasteiger charge is 2.29. The molecule has 10 heteroatoms. The molecule has 5 rings (SSSR count). The van der Waals surface area contributed by atoms with Gasteiger partial charge in [-0.15, -0.1) is 11.3 Å². The molecule has 1 amide bonds. The standard InChI is InChI=1S/C31H37N3O5S2/c1-19(2)39-30(35)33-24-10-6-20(7-11-24)29-32-18-27(40-29)25-12-8-22(17-28(25)41(36,37)34-31(3,4)5)21-9-13-26-23(16-21)14-15-38-26/h8-9,12-20,24,34H,6-7,10-11H2,1-5H3,(H,33,35). The minimum atomic E-state index is -3.84. The largest absolute Gasteiger partial charge is 0.464 e. The number of amides is 1. The summed E-state index contributed by atoms with van der Waals surface area (Å²) in [5.74, 6) is 0.265. The first-order valence-corrected chi connectivity index (χ1v) is 16.3. The van der Waals surface area contributed by atoms with Crippen molar-refractivity contribution in [1.82, 2.24) is 15.0 Å². The van der Waals surface area contributed by atoms with Gasteiger partial charge < -0.3 is 14.5 Å². The van der Waals surface area contributed by atoms with Gasteiger partial charge in [-0.2, -0.15) is 0 Å². The number of aromatic nitrogens is 1. The lowest BCUT2D eigenvalue weighted by atomic mass is 9.86. The normalized spacial score (nSPS) is 18.1. The van der Waals surface area contributed by atoms with E-state index in [-0.39, 0.29) is 29.1 Å². The smallest absolute Gasteiger partial charge is 0.407 e. The number of ether oxygens (including phenoxy) is 1. The van der Waals surface area contributed by atoms with Crippen molar-refractivity contribution in [2.24, 2.45) is 0 Å². The molecule has 41 heavy (non-hydrogen) atoms. The van der Waals surface area contributed by atoms with Crippen LogP contribution in [-0.4, -0.2) is 37.2 Å². The first-order chi connectivity index (χ1) is 19.4. The van der Waals surface area contributed by atoms with Gasteiger partial charge in [0.1, 0.15) is 5.58 Å². The molecule has 4 aromatic rings. The van der Waals surface area contributed by atoms with Gasteiger partial charge in [0.15, 0.2) is 0 Å². The first kappa shape index (κ1) is 29.3. The fourth-order valence-electron chi connectivity index (χ4n) is 5.23. The molecule has 0 spiro atoms. The lowest BCUT2D eigenvalue weighted by Gasteiger charge is -2.28. The van der Waals surface area contributed by atoms with Crippen molar-refractivity contribution < 1.29 is 22.4 Å². The van der Waals surface area contributed by atoms with E-state index < -0.39 is 15.6 Å². The number of nitrogens with zero attached hydrogens (tertiary/aromatic N) is 1. The van der Waals surface area contributed by atoms with Crippen LogP contribution in [0, 0.1) is 0 Å². The van der Waals surface area contributed by atoms with E-state index in [0.29, 0.717) is 5.56 Å². The molecular weight excluding hydrogens is 558 g/mol. The Morgan fingerprint density at radius 1 is 1.05 bits per heavy atom. The zero-order valence-corrected chi connectivity index (χ0v) is 25.7. The molecule has 2 heterocycles. The number of alkyl carbamates (subject to hydrolysis) is 1. The van der Waals surface area contributed by atoms with Crippen molar-refractivity contribution in [2.75, 3.05) is 0 Å². The zero-order chi connectivity index (χ0) is 29.4. The Kier molecular flexibility index (Phi) is 8.27. The molecule has 218 valence electrons. The van der Waals surface area contributed by atoms with Crippen LogP contribution in [0.2, 0.25) is 0 Å². The van der Waals surface area contributed by atoms with Gasteiger partial charge in [0.05, 0.1) is 27.1 Å². The van der Waals surface area contributed by atoms with Crippen LogP contribution in [0.1, 0.15) is 71.2 Å². The van der Waals surface area contributed by atoms with Gasteiger partial charge in [0, 0.05) is 34.6 Å². The zero-order valence-electron chi connectivity index (χ0n) is 24.1. The Balaban J connectivity index is 1.42. The molecule has 0 unspecified atom stereocenters. The summed E-state index contributed by atoms with van der Waals surface area (Å²) in [7, 11) is -3.84. The predicted molar refractivity (Wildman–Crippen MR) is 163 cm³/mol. The van der Waals surface area contributed by atoms with Crippen molar-refractivity contribution in [3.8, 4) is 21.6 Å². The van der Waals surface area contributed by atoms with E-state index in [4.69, 9.17) is 14.1 Å². The number of carbonyl (C=O) groups excluding carboxylic acids is 1. The summed E-state index contributed by atoms with van der Waals surface area (Å²) in [5.41, 5.74) is 2.48. The molecule has 8 nitrogen and oxygen atoms in total. The molecule has 2 aromatic heterocycles. The van der Waals surface area contributed by atoms with Crippen LogP contribution in [-0.2, 0) is 14.8 Å². The van der Waals surface area contributed by atoms with E-state index in [2.05, 4.69) is 10.0 Å².